The molecular weight excluding hydrogens is 288 g/mol. The molecule has 2 atom stereocenters. The minimum absolute atomic E-state index is 0.424. The van der Waals surface area contributed by atoms with Crippen molar-refractivity contribution in [1.82, 2.24) is 0 Å². The maximum atomic E-state index is 10.2. The number of aliphatic hydroxyl groups is 1. The predicted molar refractivity (Wildman–Crippen MR) is 71.0 cm³/mol. The Kier molecular flexibility index (Phi) is 3.82. The van der Waals surface area contributed by atoms with Crippen LogP contribution < -0.4 is 4.74 Å². The van der Waals surface area contributed by atoms with Crippen LogP contribution in [0, 0.1) is 0 Å². The number of fused-ring (bicyclic) bond motifs is 1. The number of aliphatic hydroxyl groups excluding tert-OH is 1. The van der Waals surface area contributed by atoms with E-state index < -0.39 is 6.10 Å². The number of ether oxygens (including phenoxy) is 1. The van der Waals surface area contributed by atoms with Gasteiger partial charge in [0.2, 0.25) is 0 Å². The second-order valence-corrected chi connectivity index (χ2v) is 6.30. The first-order valence-corrected chi connectivity index (χ1v) is 7.12. The summed E-state index contributed by atoms with van der Waals surface area (Å²) in [5, 5.41) is 10.7. The largest absolute Gasteiger partial charge is 0.496 e. The molecule has 0 fully saturated rings. The second kappa shape index (κ2) is 4.98. The molecule has 4 heteroatoms. The highest BCUT2D eigenvalue weighted by atomic mass is 79.9. The third-order valence-corrected chi connectivity index (χ3v) is 4.84. The van der Waals surface area contributed by atoms with E-state index in [4.69, 9.17) is 4.74 Å². The number of thioether (sulfide) groups is 1. The molecule has 2 nitrogen and oxygen atoms in total. The predicted octanol–water partition coefficient (Wildman–Crippen LogP) is 3.52. The van der Waals surface area contributed by atoms with Crippen molar-refractivity contribution in [2.24, 2.45) is 0 Å². The zero-order valence-electron chi connectivity index (χ0n) is 9.37. The van der Waals surface area contributed by atoms with E-state index in [0.29, 0.717) is 5.25 Å². The molecular formula is C12H15BrO2S. The first-order valence-electron chi connectivity index (χ1n) is 5.28. The van der Waals surface area contributed by atoms with Gasteiger partial charge in [0.25, 0.3) is 0 Å². The Labute approximate surface area is 109 Å². The van der Waals surface area contributed by atoms with Crippen LogP contribution in [0.5, 0.6) is 5.75 Å². The van der Waals surface area contributed by atoms with Crippen LogP contribution in [-0.2, 0) is 5.75 Å². The number of benzene rings is 1. The lowest BCUT2D eigenvalue weighted by Crippen LogP contribution is -2.06. The smallest absolute Gasteiger partial charge is 0.125 e. The van der Waals surface area contributed by atoms with Gasteiger partial charge in [0.05, 0.1) is 13.2 Å². The van der Waals surface area contributed by atoms with Crippen LogP contribution in [0.15, 0.2) is 16.6 Å². The maximum Gasteiger partial charge on any atom is 0.125 e. The minimum atomic E-state index is -0.424. The lowest BCUT2D eigenvalue weighted by Gasteiger charge is -2.17. The molecule has 1 aromatic carbocycles. The van der Waals surface area contributed by atoms with Crippen LogP contribution in [0.3, 0.4) is 0 Å². The van der Waals surface area contributed by atoms with Gasteiger partial charge in [0.1, 0.15) is 5.75 Å². The molecule has 0 saturated carbocycles. The van der Waals surface area contributed by atoms with Gasteiger partial charge in [0, 0.05) is 21.0 Å². The van der Waals surface area contributed by atoms with Crippen LogP contribution in [0.25, 0.3) is 0 Å². The molecule has 0 aromatic heterocycles. The molecule has 1 heterocycles. The van der Waals surface area contributed by atoms with E-state index in [1.54, 1.807) is 7.11 Å². The van der Waals surface area contributed by atoms with Crippen molar-refractivity contribution in [3.05, 3.63) is 27.7 Å². The zero-order valence-corrected chi connectivity index (χ0v) is 11.8. The minimum Gasteiger partial charge on any atom is -0.496 e. The summed E-state index contributed by atoms with van der Waals surface area (Å²) in [6.07, 6.45) is 0.359. The van der Waals surface area contributed by atoms with Gasteiger partial charge < -0.3 is 9.84 Å². The van der Waals surface area contributed by atoms with Gasteiger partial charge in [-0.2, -0.15) is 11.8 Å². The molecule has 1 unspecified atom stereocenters. The van der Waals surface area contributed by atoms with E-state index in [9.17, 15) is 5.11 Å². The fourth-order valence-corrected chi connectivity index (χ4v) is 3.78. The summed E-state index contributed by atoms with van der Waals surface area (Å²) in [4.78, 5) is 0. The van der Waals surface area contributed by atoms with Crippen LogP contribution >= 0.6 is 27.7 Å². The van der Waals surface area contributed by atoms with Crippen molar-refractivity contribution >= 4 is 27.7 Å². The van der Waals surface area contributed by atoms with Crippen molar-refractivity contribution in [2.45, 2.75) is 30.5 Å². The number of methoxy groups -OCH3 is 1. The van der Waals surface area contributed by atoms with E-state index in [1.807, 2.05) is 23.9 Å². The number of hydrogen-bond acceptors (Lipinski definition) is 3. The second-order valence-electron chi connectivity index (χ2n) is 4.01. The van der Waals surface area contributed by atoms with E-state index in [0.717, 1.165) is 28.0 Å². The molecule has 0 bridgehead atoms. The van der Waals surface area contributed by atoms with Crippen LogP contribution in [-0.4, -0.2) is 17.5 Å². The van der Waals surface area contributed by atoms with Gasteiger partial charge in [-0.05, 0) is 24.1 Å². The fourth-order valence-electron chi connectivity index (χ4n) is 2.03. The van der Waals surface area contributed by atoms with Gasteiger partial charge in [-0.3, -0.25) is 0 Å². The Bertz CT molecular complexity index is 395. The first kappa shape index (κ1) is 12.3. The molecule has 88 valence electrons. The summed E-state index contributed by atoms with van der Waals surface area (Å²) in [6, 6.07) is 3.90. The molecule has 1 aliphatic rings. The Hall–Kier alpha value is -0.190. The van der Waals surface area contributed by atoms with E-state index in [2.05, 4.69) is 22.9 Å². The summed E-state index contributed by atoms with van der Waals surface area (Å²) in [6.45, 7) is 2.15. The van der Waals surface area contributed by atoms with Crippen LogP contribution in [0.2, 0.25) is 0 Å². The number of halogens is 1. The lowest BCUT2D eigenvalue weighted by molar-refractivity contribution is 0.164. The quantitative estimate of drug-likeness (QED) is 0.861. The van der Waals surface area contributed by atoms with Gasteiger partial charge in [-0.25, -0.2) is 0 Å². The molecule has 0 saturated heterocycles. The standard InChI is InChI=1S/C12H15BrO2S/c1-7-5-10(14)12-8(6-16-7)9(13)3-4-11(12)15-2/h3-4,7,10,14H,5-6H2,1-2H3/t7?,10-/m0/s1. The normalized spacial score (nSPS) is 24.8. The Morgan fingerprint density at radius 1 is 1.50 bits per heavy atom. The molecule has 0 aliphatic carbocycles. The molecule has 2 rings (SSSR count). The summed E-state index contributed by atoms with van der Waals surface area (Å²) in [5.41, 5.74) is 2.12. The van der Waals surface area contributed by atoms with E-state index in [-0.39, 0.29) is 0 Å². The number of hydrogen-bond donors (Lipinski definition) is 1. The third kappa shape index (κ3) is 2.24. The van der Waals surface area contributed by atoms with Crippen LogP contribution in [0.4, 0.5) is 0 Å². The summed E-state index contributed by atoms with van der Waals surface area (Å²) < 4.78 is 6.40. The maximum absolute atomic E-state index is 10.2. The topological polar surface area (TPSA) is 29.5 Å². The van der Waals surface area contributed by atoms with Gasteiger partial charge >= 0.3 is 0 Å². The average molecular weight is 303 g/mol. The van der Waals surface area contributed by atoms with Gasteiger partial charge in [-0.15, -0.1) is 0 Å². The fraction of sp³-hybridized carbons (Fsp3) is 0.500. The molecule has 1 aliphatic heterocycles. The van der Waals surface area contributed by atoms with Crippen molar-refractivity contribution in [3.8, 4) is 5.75 Å². The van der Waals surface area contributed by atoms with Gasteiger partial charge in [-0.1, -0.05) is 22.9 Å². The van der Waals surface area contributed by atoms with Crippen LogP contribution in [0.1, 0.15) is 30.6 Å². The SMILES string of the molecule is COc1ccc(Br)c2c1[C@@H](O)CC(C)SC2. The molecule has 0 radical (unpaired) electrons. The molecule has 0 spiro atoms. The van der Waals surface area contributed by atoms with Crippen molar-refractivity contribution in [2.75, 3.05) is 7.11 Å². The summed E-state index contributed by atoms with van der Waals surface area (Å²) >= 11 is 5.42. The molecule has 1 N–H and O–H groups in total. The Balaban J connectivity index is 2.53. The molecule has 16 heavy (non-hydrogen) atoms. The molecule has 0 amide bonds. The third-order valence-electron chi connectivity index (χ3n) is 2.88. The highest BCUT2D eigenvalue weighted by Crippen LogP contribution is 2.42. The lowest BCUT2D eigenvalue weighted by atomic mass is 9.99. The monoisotopic (exact) mass is 302 g/mol. The number of rotatable bonds is 1. The highest BCUT2D eigenvalue weighted by molar-refractivity contribution is 9.10. The van der Waals surface area contributed by atoms with Crippen molar-refractivity contribution in [3.63, 3.8) is 0 Å². The van der Waals surface area contributed by atoms with E-state index in [1.165, 1.54) is 5.56 Å². The zero-order chi connectivity index (χ0) is 11.7. The molecule has 1 aromatic rings. The van der Waals surface area contributed by atoms with E-state index >= 15 is 0 Å². The summed E-state index contributed by atoms with van der Waals surface area (Å²) in [5.74, 6) is 1.71. The Morgan fingerprint density at radius 3 is 2.94 bits per heavy atom. The Morgan fingerprint density at radius 2 is 2.25 bits per heavy atom. The van der Waals surface area contributed by atoms with Gasteiger partial charge in [0.15, 0.2) is 0 Å². The van der Waals surface area contributed by atoms with Crippen molar-refractivity contribution < 1.29 is 9.84 Å². The summed E-state index contributed by atoms with van der Waals surface area (Å²) in [7, 11) is 1.65. The first-order chi connectivity index (χ1) is 7.63. The average Bonchev–Trinajstić information content (AvgIpc) is 2.40. The van der Waals surface area contributed by atoms with Crippen molar-refractivity contribution in [1.29, 1.82) is 0 Å². The highest BCUT2D eigenvalue weighted by Gasteiger charge is 2.25.